The number of anilines is 1. The van der Waals surface area contributed by atoms with Crippen LogP contribution in [-0.4, -0.2) is 23.1 Å². The van der Waals surface area contributed by atoms with Crippen molar-refractivity contribution in [3.05, 3.63) is 46.4 Å². The molecule has 2 rings (SSSR count). The summed E-state index contributed by atoms with van der Waals surface area (Å²) in [6, 6.07) is 4.21. The van der Waals surface area contributed by atoms with E-state index in [1.165, 1.54) is 16.9 Å². The number of hydrogen-bond acceptors (Lipinski definition) is 5. The summed E-state index contributed by atoms with van der Waals surface area (Å²) in [7, 11) is -2.73. The second-order valence-electron chi connectivity index (χ2n) is 3.82. The Bertz CT molecular complexity index is 771. The van der Waals surface area contributed by atoms with Crippen molar-refractivity contribution >= 4 is 21.5 Å². The van der Waals surface area contributed by atoms with Crippen LogP contribution in [0.4, 0.5) is 15.9 Å². The smallest absolute Gasteiger partial charge is 0.274 e. The summed E-state index contributed by atoms with van der Waals surface area (Å²) in [5, 5.41) is 14.6. The van der Waals surface area contributed by atoms with Gasteiger partial charge in [0.05, 0.1) is 4.92 Å². The minimum Gasteiger partial charge on any atom is -0.274 e. The van der Waals surface area contributed by atoms with Crippen molar-refractivity contribution in [3.63, 3.8) is 0 Å². The molecule has 0 aliphatic heterocycles. The van der Waals surface area contributed by atoms with Gasteiger partial charge in [-0.1, -0.05) is 6.07 Å². The van der Waals surface area contributed by atoms with Crippen molar-refractivity contribution in [2.75, 3.05) is 4.72 Å². The molecule has 20 heavy (non-hydrogen) atoms. The molecule has 0 radical (unpaired) electrons. The van der Waals surface area contributed by atoms with Crippen LogP contribution in [0.2, 0.25) is 0 Å². The van der Waals surface area contributed by atoms with E-state index >= 15 is 0 Å². The first-order valence-corrected chi connectivity index (χ1v) is 6.75. The third-order valence-corrected chi connectivity index (χ3v) is 3.76. The van der Waals surface area contributed by atoms with Gasteiger partial charge in [0, 0.05) is 19.3 Å². The molecule has 106 valence electrons. The van der Waals surface area contributed by atoms with Gasteiger partial charge in [-0.25, -0.2) is 8.42 Å². The van der Waals surface area contributed by atoms with Crippen molar-refractivity contribution in [2.24, 2.45) is 7.05 Å². The van der Waals surface area contributed by atoms with E-state index in [-0.39, 0.29) is 5.82 Å². The Hall–Kier alpha value is -2.49. The maximum absolute atomic E-state index is 13.4. The molecule has 0 unspecified atom stereocenters. The summed E-state index contributed by atoms with van der Waals surface area (Å²) in [6.45, 7) is 0. The topological polar surface area (TPSA) is 107 Å². The van der Waals surface area contributed by atoms with Crippen molar-refractivity contribution < 1.29 is 17.7 Å². The lowest BCUT2D eigenvalue weighted by Gasteiger charge is -2.06. The average molecular weight is 300 g/mol. The van der Waals surface area contributed by atoms with Crippen LogP contribution < -0.4 is 4.72 Å². The molecule has 0 aliphatic rings. The largest absolute Gasteiger partial charge is 0.325 e. The van der Waals surface area contributed by atoms with Crippen LogP contribution in [0.25, 0.3) is 0 Å². The highest BCUT2D eigenvalue weighted by atomic mass is 32.2. The molecule has 1 aromatic heterocycles. The standard InChI is InChI=1S/C10H9FN4O4S/c1-14-6-5-9(12-14)13-20(18,19)8-4-2-3-7(11)10(8)15(16)17/h2-6H,1H3,(H,12,13). The van der Waals surface area contributed by atoms with Gasteiger partial charge in [-0.05, 0) is 12.1 Å². The Morgan fingerprint density at radius 1 is 1.40 bits per heavy atom. The number of para-hydroxylation sites is 1. The van der Waals surface area contributed by atoms with E-state index in [4.69, 9.17) is 0 Å². The third-order valence-electron chi connectivity index (χ3n) is 2.37. The number of nitrogens with one attached hydrogen (secondary N) is 1. The molecule has 0 aliphatic carbocycles. The van der Waals surface area contributed by atoms with Gasteiger partial charge < -0.3 is 0 Å². The lowest BCUT2D eigenvalue weighted by atomic mass is 10.3. The maximum Gasteiger partial charge on any atom is 0.325 e. The molecule has 0 saturated heterocycles. The molecular formula is C10H9FN4O4S. The zero-order valence-electron chi connectivity index (χ0n) is 10.1. The van der Waals surface area contributed by atoms with E-state index in [1.807, 2.05) is 4.72 Å². The number of aryl methyl sites for hydroxylation is 1. The van der Waals surface area contributed by atoms with Gasteiger partial charge in [-0.15, -0.1) is 0 Å². The molecule has 0 fully saturated rings. The molecule has 1 aromatic carbocycles. The summed E-state index contributed by atoms with van der Waals surface area (Å²) < 4.78 is 40.9. The molecule has 2 aromatic rings. The number of benzene rings is 1. The number of nitro groups is 1. The van der Waals surface area contributed by atoms with Crippen LogP contribution in [0.3, 0.4) is 0 Å². The van der Waals surface area contributed by atoms with Crippen LogP contribution in [0.15, 0.2) is 35.4 Å². The Kier molecular flexibility index (Phi) is 3.40. The molecule has 0 saturated carbocycles. The summed E-state index contributed by atoms with van der Waals surface area (Å²) in [4.78, 5) is 8.96. The fourth-order valence-corrected chi connectivity index (χ4v) is 2.73. The van der Waals surface area contributed by atoms with E-state index < -0.39 is 31.3 Å². The first-order valence-electron chi connectivity index (χ1n) is 5.26. The highest BCUT2D eigenvalue weighted by molar-refractivity contribution is 7.92. The second kappa shape index (κ2) is 4.89. The van der Waals surface area contributed by atoms with Gasteiger partial charge >= 0.3 is 5.69 Å². The van der Waals surface area contributed by atoms with E-state index in [9.17, 15) is 22.9 Å². The quantitative estimate of drug-likeness (QED) is 0.675. The summed E-state index contributed by atoms with van der Waals surface area (Å²) >= 11 is 0. The van der Waals surface area contributed by atoms with Crippen molar-refractivity contribution in [2.45, 2.75) is 4.90 Å². The summed E-state index contributed by atoms with van der Waals surface area (Å²) in [5.74, 6) is -1.25. The minimum atomic E-state index is -4.31. The molecular weight excluding hydrogens is 291 g/mol. The highest BCUT2D eigenvalue weighted by Gasteiger charge is 2.29. The number of aromatic nitrogens is 2. The van der Waals surface area contributed by atoms with Crippen LogP contribution in [0.5, 0.6) is 0 Å². The van der Waals surface area contributed by atoms with Crippen molar-refractivity contribution in [3.8, 4) is 0 Å². The highest BCUT2D eigenvalue weighted by Crippen LogP contribution is 2.27. The lowest BCUT2D eigenvalue weighted by molar-refractivity contribution is -0.390. The van der Waals surface area contributed by atoms with Crippen LogP contribution in [-0.2, 0) is 17.1 Å². The monoisotopic (exact) mass is 300 g/mol. The molecule has 0 bridgehead atoms. The van der Waals surface area contributed by atoms with Crippen molar-refractivity contribution in [1.82, 2.24) is 9.78 Å². The molecule has 10 heteroatoms. The predicted molar refractivity (Wildman–Crippen MR) is 67.1 cm³/mol. The van der Waals surface area contributed by atoms with Crippen molar-refractivity contribution in [1.29, 1.82) is 0 Å². The average Bonchev–Trinajstić information content (AvgIpc) is 2.73. The van der Waals surface area contributed by atoms with Gasteiger partial charge in [0.15, 0.2) is 10.7 Å². The normalized spacial score (nSPS) is 11.3. The van der Waals surface area contributed by atoms with Gasteiger partial charge in [0.1, 0.15) is 0 Å². The molecule has 1 N–H and O–H groups in total. The van der Waals surface area contributed by atoms with E-state index in [0.717, 1.165) is 18.2 Å². The molecule has 8 nitrogen and oxygen atoms in total. The molecule has 1 heterocycles. The number of rotatable bonds is 4. The fraction of sp³-hybridized carbons (Fsp3) is 0.100. The number of nitro benzene ring substituents is 1. The van der Waals surface area contributed by atoms with Crippen LogP contribution >= 0.6 is 0 Å². The van der Waals surface area contributed by atoms with Crippen LogP contribution in [0, 0.1) is 15.9 Å². The van der Waals surface area contributed by atoms with E-state index in [1.54, 1.807) is 7.05 Å². The molecule has 0 amide bonds. The third kappa shape index (κ3) is 2.59. The lowest BCUT2D eigenvalue weighted by Crippen LogP contribution is -2.16. The number of hydrogen-bond donors (Lipinski definition) is 1. The first kappa shape index (κ1) is 13.9. The van der Waals surface area contributed by atoms with Gasteiger partial charge in [-0.3, -0.25) is 19.5 Å². The summed E-state index contributed by atoms with van der Waals surface area (Å²) in [5.41, 5.74) is -1.10. The van der Waals surface area contributed by atoms with Gasteiger partial charge in [0.2, 0.25) is 5.82 Å². The fourth-order valence-electron chi connectivity index (χ4n) is 1.55. The zero-order valence-corrected chi connectivity index (χ0v) is 11.0. The van der Waals surface area contributed by atoms with E-state index in [2.05, 4.69) is 5.10 Å². The Morgan fingerprint density at radius 3 is 2.65 bits per heavy atom. The van der Waals surface area contributed by atoms with E-state index in [0.29, 0.717) is 0 Å². The molecule has 0 atom stereocenters. The minimum absolute atomic E-state index is 0.0222. The second-order valence-corrected chi connectivity index (χ2v) is 5.47. The SMILES string of the molecule is Cn1ccc(NS(=O)(=O)c2cccc(F)c2[N+](=O)[O-])n1. The van der Waals surface area contributed by atoms with Crippen LogP contribution in [0.1, 0.15) is 0 Å². The Morgan fingerprint density at radius 2 is 2.10 bits per heavy atom. The maximum atomic E-state index is 13.4. The Balaban J connectivity index is 2.50. The predicted octanol–water partition coefficient (Wildman–Crippen LogP) is 1.27. The number of sulfonamides is 1. The summed E-state index contributed by atoms with van der Waals surface area (Å²) in [6.07, 6.45) is 1.48. The molecule has 0 spiro atoms. The Labute approximate surface area is 113 Å². The first-order chi connectivity index (χ1) is 9.31. The van der Waals surface area contributed by atoms with Gasteiger partial charge in [-0.2, -0.15) is 9.49 Å². The number of halogens is 1. The van der Waals surface area contributed by atoms with Gasteiger partial charge in [0.25, 0.3) is 10.0 Å². The number of nitrogens with zero attached hydrogens (tertiary/aromatic N) is 3. The zero-order chi connectivity index (χ0) is 14.9.